The van der Waals surface area contributed by atoms with Crippen molar-refractivity contribution >= 4 is 17.6 Å². The molecular weight excluding hydrogens is 306 g/mol. The molecule has 5 nitrogen and oxygen atoms in total. The highest BCUT2D eigenvalue weighted by molar-refractivity contribution is 6.10. The molecule has 24 heavy (non-hydrogen) atoms. The monoisotopic (exact) mass is 323 g/mol. The molecule has 0 bridgehead atoms. The van der Waals surface area contributed by atoms with Gasteiger partial charge in [-0.05, 0) is 53.8 Å². The molecule has 122 valence electrons. The van der Waals surface area contributed by atoms with Gasteiger partial charge in [0.05, 0.1) is 6.61 Å². The lowest BCUT2D eigenvalue weighted by molar-refractivity contribution is -0.147. The highest BCUT2D eigenvalue weighted by Gasteiger charge is 2.57. The van der Waals surface area contributed by atoms with Crippen molar-refractivity contribution in [2.24, 2.45) is 5.41 Å². The molecule has 1 fully saturated rings. The number of carboxylic acid groups (broad SMARTS) is 1. The van der Waals surface area contributed by atoms with Crippen LogP contribution in [0, 0.1) is 5.41 Å². The van der Waals surface area contributed by atoms with Crippen LogP contribution in [0.25, 0.3) is 11.1 Å². The van der Waals surface area contributed by atoms with E-state index in [1.807, 2.05) is 30.3 Å². The van der Waals surface area contributed by atoms with Gasteiger partial charge in [-0.25, -0.2) is 0 Å². The van der Waals surface area contributed by atoms with Crippen LogP contribution in [0.1, 0.15) is 18.4 Å². The highest BCUT2D eigenvalue weighted by atomic mass is 16.5. The first-order valence-electron chi connectivity index (χ1n) is 7.99. The molecule has 5 heteroatoms. The molecule has 1 aliphatic heterocycles. The van der Waals surface area contributed by atoms with Crippen LogP contribution in [-0.4, -0.2) is 23.6 Å². The fourth-order valence-electron chi connectivity index (χ4n) is 3.06. The van der Waals surface area contributed by atoms with E-state index in [0.29, 0.717) is 25.1 Å². The first kappa shape index (κ1) is 14.8. The van der Waals surface area contributed by atoms with Crippen molar-refractivity contribution in [3.8, 4) is 16.9 Å². The smallest absolute Gasteiger partial charge is 0.319 e. The largest absolute Gasteiger partial charge is 0.493 e. The van der Waals surface area contributed by atoms with E-state index in [4.69, 9.17) is 4.74 Å². The Morgan fingerprint density at radius 2 is 1.88 bits per heavy atom. The van der Waals surface area contributed by atoms with Gasteiger partial charge in [-0.3, -0.25) is 9.59 Å². The van der Waals surface area contributed by atoms with E-state index in [2.05, 4.69) is 11.4 Å². The number of fused-ring (bicyclic) bond motifs is 1. The fraction of sp³-hybridized carbons (Fsp3) is 0.263. The van der Waals surface area contributed by atoms with Crippen molar-refractivity contribution < 1.29 is 19.4 Å². The maximum atomic E-state index is 12.2. The van der Waals surface area contributed by atoms with E-state index in [9.17, 15) is 14.7 Å². The number of anilines is 1. The summed E-state index contributed by atoms with van der Waals surface area (Å²) in [6.07, 6.45) is 1.71. The first-order valence-corrected chi connectivity index (χ1v) is 7.99. The molecule has 4 rings (SSSR count). The molecular formula is C19H17NO4. The number of hydrogen-bond donors (Lipinski definition) is 2. The van der Waals surface area contributed by atoms with Gasteiger partial charge in [0.1, 0.15) is 11.2 Å². The van der Waals surface area contributed by atoms with Gasteiger partial charge < -0.3 is 15.2 Å². The van der Waals surface area contributed by atoms with Crippen LogP contribution < -0.4 is 10.1 Å². The minimum atomic E-state index is -1.24. The van der Waals surface area contributed by atoms with Gasteiger partial charge in [-0.1, -0.05) is 18.2 Å². The number of aliphatic carboxylic acids is 1. The molecule has 0 saturated heterocycles. The molecule has 0 spiro atoms. The third-order valence-corrected chi connectivity index (χ3v) is 4.74. The Balaban J connectivity index is 1.58. The van der Waals surface area contributed by atoms with Crippen LogP contribution in [0.3, 0.4) is 0 Å². The van der Waals surface area contributed by atoms with E-state index in [1.54, 1.807) is 6.07 Å². The molecule has 2 aromatic carbocycles. The Bertz CT molecular complexity index is 839. The molecule has 0 atom stereocenters. The number of carbonyl (C=O) groups is 2. The number of carbonyl (C=O) groups excluding carboxylic acids is 1. The average molecular weight is 323 g/mol. The van der Waals surface area contributed by atoms with E-state index >= 15 is 0 Å². The van der Waals surface area contributed by atoms with Gasteiger partial charge in [0.2, 0.25) is 5.91 Å². The second-order valence-electron chi connectivity index (χ2n) is 6.34. The van der Waals surface area contributed by atoms with Gasteiger partial charge in [0.25, 0.3) is 0 Å². The second kappa shape index (κ2) is 5.37. The zero-order valence-corrected chi connectivity index (χ0v) is 13.0. The molecule has 2 N–H and O–H groups in total. The Hall–Kier alpha value is -2.82. The number of rotatable bonds is 4. The molecule has 1 heterocycles. The molecule has 1 aliphatic carbocycles. The van der Waals surface area contributed by atoms with Crippen LogP contribution in [0.5, 0.6) is 5.75 Å². The summed E-state index contributed by atoms with van der Waals surface area (Å²) in [6.45, 7) is 0.714. The molecule has 0 aromatic heterocycles. The summed E-state index contributed by atoms with van der Waals surface area (Å²) < 4.78 is 5.52. The molecule has 0 unspecified atom stereocenters. The highest BCUT2D eigenvalue weighted by Crippen LogP contribution is 2.46. The average Bonchev–Trinajstić information content (AvgIpc) is 3.27. The maximum absolute atomic E-state index is 12.2. The van der Waals surface area contributed by atoms with Crippen LogP contribution in [0.4, 0.5) is 5.69 Å². The van der Waals surface area contributed by atoms with Gasteiger partial charge in [0, 0.05) is 12.1 Å². The van der Waals surface area contributed by atoms with Crippen LogP contribution in [0.15, 0.2) is 42.5 Å². The molecule has 2 aliphatic rings. The van der Waals surface area contributed by atoms with Gasteiger partial charge in [-0.2, -0.15) is 0 Å². The van der Waals surface area contributed by atoms with E-state index < -0.39 is 17.3 Å². The van der Waals surface area contributed by atoms with Crippen LogP contribution in [0.2, 0.25) is 0 Å². The topological polar surface area (TPSA) is 75.6 Å². The van der Waals surface area contributed by atoms with Crippen LogP contribution >= 0.6 is 0 Å². The minimum Gasteiger partial charge on any atom is -0.493 e. The van der Waals surface area contributed by atoms with Crippen molar-refractivity contribution in [2.45, 2.75) is 19.3 Å². The summed E-state index contributed by atoms with van der Waals surface area (Å²) >= 11 is 0. The number of benzene rings is 2. The standard InChI is InChI=1S/C19H17NO4/c21-17(19(7-8-19)18(22)23)20-15-3-1-2-12(11-15)13-4-5-16-14(10-13)6-9-24-16/h1-5,10-11H,6-9H2,(H,20,21)(H,22,23). The number of hydrogen-bond acceptors (Lipinski definition) is 3. The summed E-state index contributed by atoms with van der Waals surface area (Å²) in [5.41, 5.74) is 2.59. The summed E-state index contributed by atoms with van der Waals surface area (Å²) in [5.74, 6) is -0.551. The van der Waals surface area contributed by atoms with Gasteiger partial charge in [-0.15, -0.1) is 0 Å². The number of carboxylic acids is 1. The van der Waals surface area contributed by atoms with Crippen LogP contribution in [-0.2, 0) is 16.0 Å². The Kier molecular flexibility index (Phi) is 3.30. The summed E-state index contributed by atoms with van der Waals surface area (Å²) in [5, 5.41) is 11.9. The zero-order valence-electron chi connectivity index (χ0n) is 13.0. The quantitative estimate of drug-likeness (QED) is 0.848. The van der Waals surface area contributed by atoms with Gasteiger partial charge >= 0.3 is 5.97 Å². The second-order valence-corrected chi connectivity index (χ2v) is 6.34. The van der Waals surface area contributed by atoms with Crippen molar-refractivity contribution in [3.63, 3.8) is 0 Å². The van der Waals surface area contributed by atoms with Gasteiger partial charge in [0.15, 0.2) is 0 Å². The Labute approximate surface area is 139 Å². The summed E-state index contributed by atoms with van der Waals surface area (Å²) in [7, 11) is 0. The van der Waals surface area contributed by atoms with E-state index in [-0.39, 0.29) is 0 Å². The fourth-order valence-corrected chi connectivity index (χ4v) is 3.06. The van der Waals surface area contributed by atoms with E-state index in [1.165, 1.54) is 5.56 Å². The Morgan fingerprint density at radius 1 is 1.08 bits per heavy atom. The summed E-state index contributed by atoms with van der Waals surface area (Å²) in [4.78, 5) is 23.5. The minimum absolute atomic E-state index is 0.401. The van der Waals surface area contributed by atoms with Crippen molar-refractivity contribution in [2.75, 3.05) is 11.9 Å². The van der Waals surface area contributed by atoms with Crippen molar-refractivity contribution in [3.05, 3.63) is 48.0 Å². The molecule has 0 radical (unpaired) electrons. The summed E-state index contributed by atoms with van der Waals surface area (Å²) in [6, 6.07) is 13.5. The number of amides is 1. The van der Waals surface area contributed by atoms with Crippen molar-refractivity contribution in [1.82, 2.24) is 0 Å². The predicted molar refractivity (Wildman–Crippen MR) is 89.0 cm³/mol. The molecule has 1 saturated carbocycles. The number of nitrogens with one attached hydrogen (secondary N) is 1. The Morgan fingerprint density at radius 3 is 2.62 bits per heavy atom. The third kappa shape index (κ3) is 2.42. The lowest BCUT2D eigenvalue weighted by Gasteiger charge is -2.12. The van der Waals surface area contributed by atoms with Crippen molar-refractivity contribution in [1.29, 1.82) is 0 Å². The lowest BCUT2D eigenvalue weighted by atomic mass is 10.0. The lowest BCUT2D eigenvalue weighted by Crippen LogP contribution is -2.31. The van der Waals surface area contributed by atoms with E-state index in [0.717, 1.165) is 23.3 Å². The SMILES string of the molecule is O=C(O)C1(C(=O)Nc2cccc(-c3ccc4c(c3)CCO4)c2)CC1. The molecule has 1 amide bonds. The normalized spacial score (nSPS) is 16.8. The first-order chi connectivity index (χ1) is 11.6. The predicted octanol–water partition coefficient (Wildman–Crippen LogP) is 3.09. The molecule has 2 aromatic rings. The zero-order chi connectivity index (χ0) is 16.7. The third-order valence-electron chi connectivity index (χ3n) is 4.74. The number of ether oxygens (including phenoxy) is 1. The maximum Gasteiger partial charge on any atom is 0.319 e.